The molecule has 1 aliphatic heterocycles. The van der Waals surface area contributed by atoms with Gasteiger partial charge in [-0.1, -0.05) is 18.2 Å². The second kappa shape index (κ2) is 7.92. The minimum Gasteiger partial charge on any atom is -0.396 e. The lowest BCUT2D eigenvalue weighted by Crippen LogP contribution is -2.53. The van der Waals surface area contributed by atoms with E-state index in [2.05, 4.69) is 29.3 Å². The molecule has 0 bridgehead atoms. The van der Waals surface area contributed by atoms with Gasteiger partial charge in [-0.05, 0) is 44.2 Å². The summed E-state index contributed by atoms with van der Waals surface area (Å²) in [5.74, 6) is 0.0619. The minimum atomic E-state index is -0.0622. The summed E-state index contributed by atoms with van der Waals surface area (Å²) in [7, 11) is 0. The van der Waals surface area contributed by atoms with E-state index in [9.17, 15) is 9.90 Å². The van der Waals surface area contributed by atoms with Crippen molar-refractivity contribution < 1.29 is 9.90 Å². The van der Waals surface area contributed by atoms with Crippen molar-refractivity contribution in [2.45, 2.75) is 25.9 Å². The van der Waals surface area contributed by atoms with Gasteiger partial charge in [0.15, 0.2) is 0 Å². The van der Waals surface area contributed by atoms with Crippen LogP contribution in [-0.4, -0.2) is 41.7 Å². The van der Waals surface area contributed by atoms with Gasteiger partial charge >= 0.3 is 0 Å². The van der Waals surface area contributed by atoms with E-state index in [0.717, 1.165) is 26.1 Å². The number of nitrogens with zero attached hydrogens (tertiary/aromatic N) is 1. The van der Waals surface area contributed by atoms with Gasteiger partial charge in [-0.25, -0.2) is 0 Å². The zero-order valence-corrected chi connectivity index (χ0v) is 14.8. The number of aryl methyl sites for hydroxylation is 1. The van der Waals surface area contributed by atoms with Crippen LogP contribution in [0.1, 0.15) is 26.5 Å². The first-order valence-corrected chi connectivity index (χ1v) is 9.22. The van der Waals surface area contributed by atoms with Gasteiger partial charge in [0.1, 0.15) is 0 Å². The molecule has 1 aromatic heterocycles. The summed E-state index contributed by atoms with van der Waals surface area (Å²) in [5, 5.41) is 12.8. The van der Waals surface area contributed by atoms with Gasteiger partial charge in [-0.3, -0.25) is 9.69 Å². The molecule has 1 fully saturated rings. The molecular formula is C19H24N2O2S. The van der Waals surface area contributed by atoms with Gasteiger partial charge in [0.05, 0.1) is 0 Å². The van der Waals surface area contributed by atoms with Crippen molar-refractivity contribution in [1.29, 1.82) is 0 Å². The van der Waals surface area contributed by atoms with Gasteiger partial charge in [-0.2, -0.15) is 0 Å². The Morgan fingerprint density at radius 3 is 2.75 bits per heavy atom. The maximum absolute atomic E-state index is 12.4. The molecule has 0 saturated carbocycles. The fourth-order valence-corrected chi connectivity index (χ4v) is 4.16. The number of rotatable bonds is 5. The van der Waals surface area contributed by atoms with Crippen LogP contribution in [0.4, 0.5) is 0 Å². The number of nitrogens with one attached hydrogen (secondary N) is 1. The average molecular weight is 344 g/mol. The molecule has 5 heteroatoms. The Kier molecular flexibility index (Phi) is 5.66. The quantitative estimate of drug-likeness (QED) is 0.877. The maximum atomic E-state index is 12.4. The van der Waals surface area contributed by atoms with Gasteiger partial charge in [0.2, 0.25) is 0 Å². The zero-order chi connectivity index (χ0) is 16.9. The van der Waals surface area contributed by atoms with E-state index in [-0.39, 0.29) is 24.5 Å². The highest BCUT2D eigenvalue weighted by atomic mass is 32.1. The predicted octanol–water partition coefficient (Wildman–Crippen LogP) is 2.67. The van der Waals surface area contributed by atoms with Gasteiger partial charge in [-0.15, -0.1) is 11.3 Å². The third kappa shape index (κ3) is 4.23. The summed E-state index contributed by atoms with van der Waals surface area (Å²) >= 11 is 1.82. The van der Waals surface area contributed by atoms with Crippen molar-refractivity contribution in [2.75, 3.05) is 19.7 Å². The minimum absolute atomic E-state index is 0.0162. The molecule has 128 valence electrons. The molecular weight excluding hydrogens is 320 g/mol. The van der Waals surface area contributed by atoms with Crippen LogP contribution in [0.25, 0.3) is 0 Å². The van der Waals surface area contributed by atoms with E-state index in [4.69, 9.17) is 0 Å². The number of aliphatic hydroxyl groups excluding tert-OH is 1. The smallest absolute Gasteiger partial charge is 0.251 e. The normalized spacial score (nSPS) is 21.6. The lowest BCUT2D eigenvalue weighted by Gasteiger charge is -2.38. The first-order chi connectivity index (χ1) is 11.7. The van der Waals surface area contributed by atoms with Crippen molar-refractivity contribution in [3.63, 3.8) is 0 Å². The van der Waals surface area contributed by atoms with Gasteiger partial charge < -0.3 is 10.4 Å². The van der Waals surface area contributed by atoms with Crippen molar-refractivity contribution >= 4 is 17.2 Å². The van der Waals surface area contributed by atoms with E-state index >= 15 is 0 Å². The van der Waals surface area contributed by atoms with Crippen LogP contribution in [0.3, 0.4) is 0 Å². The molecule has 1 aliphatic rings. The molecule has 0 radical (unpaired) electrons. The lowest BCUT2D eigenvalue weighted by molar-refractivity contribution is 0.0733. The lowest BCUT2D eigenvalue weighted by atomic mass is 9.92. The number of likely N-dealkylation sites (tertiary alicyclic amines) is 1. The Bertz CT molecular complexity index is 671. The molecule has 1 aromatic carbocycles. The Morgan fingerprint density at radius 2 is 2.08 bits per heavy atom. The van der Waals surface area contributed by atoms with Crippen LogP contribution in [-0.2, 0) is 6.54 Å². The van der Waals surface area contributed by atoms with E-state index in [1.165, 1.54) is 9.75 Å². The van der Waals surface area contributed by atoms with E-state index in [0.29, 0.717) is 5.56 Å². The van der Waals surface area contributed by atoms with Crippen molar-refractivity contribution in [3.8, 4) is 0 Å². The Labute approximate surface area is 147 Å². The standard InChI is InChI=1S/C19H24N2O2S/c1-14-7-8-17(24-14)11-21-10-9-16(13-22)18(12-21)20-19(23)15-5-3-2-4-6-15/h2-8,16,18,22H,9-13H2,1H3,(H,20,23)/t16-,18-/m1/s1. The van der Waals surface area contributed by atoms with Crippen molar-refractivity contribution in [1.82, 2.24) is 10.2 Å². The molecule has 2 N–H and O–H groups in total. The Balaban J connectivity index is 1.64. The van der Waals surface area contributed by atoms with Crippen LogP contribution in [0.15, 0.2) is 42.5 Å². The maximum Gasteiger partial charge on any atom is 0.251 e. The molecule has 1 saturated heterocycles. The van der Waals surface area contributed by atoms with E-state index in [1.54, 1.807) is 0 Å². The monoisotopic (exact) mass is 344 g/mol. The van der Waals surface area contributed by atoms with Crippen LogP contribution in [0, 0.1) is 12.8 Å². The first-order valence-electron chi connectivity index (χ1n) is 8.40. The highest BCUT2D eigenvalue weighted by molar-refractivity contribution is 7.11. The summed E-state index contributed by atoms with van der Waals surface area (Å²) in [6.45, 7) is 4.88. The molecule has 3 rings (SSSR count). The molecule has 0 unspecified atom stereocenters. The van der Waals surface area contributed by atoms with Crippen LogP contribution in [0.2, 0.25) is 0 Å². The molecule has 24 heavy (non-hydrogen) atoms. The number of hydrogen-bond donors (Lipinski definition) is 2. The molecule has 2 atom stereocenters. The predicted molar refractivity (Wildman–Crippen MR) is 97.2 cm³/mol. The Morgan fingerprint density at radius 1 is 1.29 bits per heavy atom. The summed E-state index contributed by atoms with van der Waals surface area (Å²) in [5.41, 5.74) is 0.667. The van der Waals surface area contributed by atoms with Crippen molar-refractivity contribution in [3.05, 3.63) is 57.8 Å². The van der Waals surface area contributed by atoms with Crippen LogP contribution >= 0.6 is 11.3 Å². The third-order valence-corrected chi connectivity index (χ3v) is 5.59. The van der Waals surface area contributed by atoms with E-state index in [1.807, 2.05) is 41.7 Å². The Hall–Kier alpha value is -1.69. The third-order valence-electron chi connectivity index (χ3n) is 4.60. The average Bonchev–Trinajstić information content (AvgIpc) is 3.01. The largest absolute Gasteiger partial charge is 0.396 e. The van der Waals surface area contributed by atoms with E-state index < -0.39 is 0 Å². The number of amides is 1. The number of piperidine rings is 1. The molecule has 0 aliphatic carbocycles. The van der Waals surface area contributed by atoms with Gasteiger partial charge in [0.25, 0.3) is 5.91 Å². The topological polar surface area (TPSA) is 52.6 Å². The van der Waals surface area contributed by atoms with Gasteiger partial charge in [0, 0.05) is 47.0 Å². The summed E-state index contributed by atoms with van der Waals surface area (Å²) < 4.78 is 0. The molecule has 1 amide bonds. The summed E-state index contributed by atoms with van der Waals surface area (Å²) in [6.07, 6.45) is 0.903. The highest BCUT2D eigenvalue weighted by Gasteiger charge is 2.30. The number of hydrogen-bond acceptors (Lipinski definition) is 4. The molecule has 4 nitrogen and oxygen atoms in total. The summed E-state index contributed by atoms with van der Waals surface area (Å²) in [6, 6.07) is 13.6. The number of carbonyl (C=O) groups excluding carboxylic acids is 1. The first kappa shape index (κ1) is 17.1. The molecule has 2 aromatic rings. The van der Waals surface area contributed by atoms with Crippen LogP contribution in [0.5, 0.6) is 0 Å². The number of carbonyl (C=O) groups is 1. The second-order valence-corrected chi connectivity index (χ2v) is 7.80. The van der Waals surface area contributed by atoms with Crippen molar-refractivity contribution in [2.24, 2.45) is 5.92 Å². The fourth-order valence-electron chi connectivity index (χ4n) is 3.23. The van der Waals surface area contributed by atoms with Crippen LogP contribution < -0.4 is 5.32 Å². The molecule has 2 heterocycles. The SMILES string of the molecule is Cc1ccc(CN2CC[C@H](CO)[C@H](NC(=O)c3ccccc3)C2)s1. The fraction of sp³-hybridized carbons (Fsp3) is 0.421. The number of aliphatic hydroxyl groups is 1. The summed E-state index contributed by atoms with van der Waals surface area (Å²) in [4.78, 5) is 17.5. The second-order valence-electron chi connectivity index (χ2n) is 6.42. The number of thiophene rings is 1. The molecule has 0 spiro atoms. The highest BCUT2D eigenvalue weighted by Crippen LogP contribution is 2.22. The zero-order valence-electron chi connectivity index (χ0n) is 13.9. The number of benzene rings is 1.